The molecule has 1 aromatic rings. The van der Waals surface area contributed by atoms with Gasteiger partial charge in [-0.1, -0.05) is 50.5 Å². The summed E-state index contributed by atoms with van der Waals surface area (Å²) in [5.41, 5.74) is 2.26. The number of hydrogen-bond acceptors (Lipinski definition) is 3. The molecule has 0 aromatic heterocycles. The van der Waals surface area contributed by atoms with E-state index >= 15 is 0 Å². The number of esters is 1. The summed E-state index contributed by atoms with van der Waals surface area (Å²) < 4.78 is 4.62. The van der Waals surface area contributed by atoms with Crippen LogP contribution in [0.2, 0.25) is 0 Å². The third-order valence-corrected chi connectivity index (χ3v) is 3.77. The molecule has 118 valence electrons. The van der Waals surface area contributed by atoms with Crippen molar-refractivity contribution in [3.63, 3.8) is 0 Å². The average Bonchev–Trinajstić information content (AvgIpc) is 2.52. The lowest BCUT2D eigenvalue weighted by molar-refractivity contribution is -0.140. The van der Waals surface area contributed by atoms with Gasteiger partial charge < -0.3 is 9.84 Å². The highest BCUT2D eigenvalue weighted by molar-refractivity contribution is 5.68. The lowest BCUT2D eigenvalue weighted by Crippen LogP contribution is -2.00. The van der Waals surface area contributed by atoms with Gasteiger partial charge in [-0.25, -0.2) is 0 Å². The quantitative estimate of drug-likeness (QED) is 0.519. The molecule has 1 atom stereocenters. The Balaban J connectivity index is 2.31. The molecule has 0 heterocycles. The summed E-state index contributed by atoms with van der Waals surface area (Å²) >= 11 is 0. The molecule has 0 saturated heterocycles. The number of unbranched alkanes of at least 4 members (excludes halogenated alkanes) is 3. The van der Waals surface area contributed by atoms with E-state index < -0.39 is 0 Å². The molecule has 0 amide bonds. The number of hydrogen-bond donors (Lipinski definition) is 1. The Morgan fingerprint density at radius 1 is 1.14 bits per heavy atom. The predicted molar refractivity (Wildman–Crippen MR) is 85.1 cm³/mol. The van der Waals surface area contributed by atoms with Crippen LogP contribution >= 0.6 is 0 Å². The minimum Gasteiger partial charge on any atom is -0.469 e. The number of aryl methyl sites for hydroxylation is 1. The first kappa shape index (κ1) is 17.7. The third-order valence-electron chi connectivity index (χ3n) is 3.77. The minimum absolute atomic E-state index is 0.138. The fourth-order valence-corrected chi connectivity index (χ4v) is 2.36. The van der Waals surface area contributed by atoms with Crippen molar-refractivity contribution in [1.82, 2.24) is 0 Å². The van der Waals surface area contributed by atoms with Gasteiger partial charge in [0.05, 0.1) is 13.2 Å². The maximum atomic E-state index is 11.0. The Morgan fingerprint density at radius 3 is 2.48 bits per heavy atom. The maximum absolute atomic E-state index is 11.0. The Bertz CT molecular complexity index is 397. The van der Waals surface area contributed by atoms with Gasteiger partial charge in [0.25, 0.3) is 0 Å². The molecule has 0 radical (unpaired) electrons. The topological polar surface area (TPSA) is 46.5 Å². The fraction of sp³-hybridized carbons (Fsp3) is 0.611. The van der Waals surface area contributed by atoms with Crippen molar-refractivity contribution in [3.05, 3.63) is 35.4 Å². The molecule has 1 rings (SSSR count). The fourth-order valence-electron chi connectivity index (χ4n) is 2.36. The summed E-state index contributed by atoms with van der Waals surface area (Å²) in [6, 6.07) is 8.20. The van der Waals surface area contributed by atoms with E-state index in [1.807, 2.05) is 12.1 Å². The second-order valence-electron chi connectivity index (χ2n) is 5.54. The molecule has 3 nitrogen and oxygen atoms in total. The maximum Gasteiger partial charge on any atom is 0.305 e. The Labute approximate surface area is 128 Å². The molecule has 0 aliphatic heterocycles. The van der Waals surface area contributed by atoms with E-state index in [1.165, 1.54) is 25.5 Å². The first-order valence-electron chi connectivity index (χ1n) is 8.01. The normalized spacial score (nSPS) is 12.1. The molecule has 0 bridgehead atoms. The number of carbonyl (C=O) groups excluding carboxylic acids is 1. The predicted octanol–water partition coefficient (Wildman–Crippen LogP) is 4.19. The monoisotopic (exact) mass is 292 g/mol. The summed E-state index contributed by atoms with van der Waals surface area (Å²) in [4.78, 5) is 11.0. The van der Waals surface area contributed by atoms with Gasteiger partial charge in [0, 0.05) is 6.42 Å². The molecule has 0 fully saturated rings. The number of aliphatic hydroxyl groups is 1. The summed E-state index contributed by atoms with van der Waals surface area (Å²) in [7, 11) is 1.42. The van der Waals surface area contributed by atoms with Crippen LogP contribution < -0.4 is 0 Å². The Morgan fingerprint density at radius 2 is 1.86 bits per heavy atom. The van der Waals surface area contributed by atoms with E-state index in [1.54, 1.807) is 0 Å². The van der Waals surface area contributed by atoms with Crippen LogP contribution in [0, 0.1) is 0 Å². The molecule has 0 aliphatic carbocycles. The average molecular weight is 292 g/mol. The van der Waals surface area contributed by atoms with Crippen molar-refractivity contribution >= 4 is 5.97 Å². The standard InChI is InChI=1S/C18H28O3/c1-3-4-5-9-17(19)16-13-11-15(12-14-16)8-6-7-10-18(20)21-2/h11-14,17,19H,3-10H2,1-2H3. The summed E-state index contributed by atoms with van der Waals surface area (Å²) in [6.07, 6.45) is 7.21. The molecule has 0 aliphatic rings. The number of methoxy groups -OCH3 is 1. The van der Waals surface area contributed by atoms with Gasteiger partial charge in [-0.2, -0.15) is 0 Å². The summed E-state index contributed by atoms with van der Waals surface area (Å²) in [5, 5.41) is 10.1. The zero-order valence-electron chi connectivity index (χ0n) is 13.3. The number of benzene rings is 1. The summed E-state index contributed by atoms with van der Waals surface area (Å²) in [6.45, 7) is 2.17. The minimum atomic E-state index is -0.343. The molecule has 0 saturated carbocycles. The highest BCUT2D eigenvalue weighted by Crippen LogP contribution is 2.20. The highest BCUT2D eigenvalue weighted by Gasteiger charge is 2.07. The van der Waals surface area contributed by atoms with Crippen molar-refractivity contribution in [1.29, 1.82) is 0 Å². The SMILES string of the molecule is CCCCCC(O)c1ccc(CCCCC(=O)OC)cc1. The molecule has 1 aromatic carbocycles. The van der Waals surface area contributed by atoms with Crippen molar-refractivity contribution in [2.24, 2.45) is 0 Å². The second kappa shape index (κ2) is 10.4. The number of aliphatic hydroxyl groups excluding tert-OH is 1. The van der Waals surface area contributed by atoms with Crippen molar-refractivity contribution in [2.75, 3.05) is 7.11 Å². The van der Waals surface area contributed by atoms with Crippen LogP contribution in [0.25, 0.3) is 0 Å². The van der Waals surface area contributed by atoms with Gasteiger partial charge in [0.2, 0.25) is 0 Å². The smallest absolute Gasteiger partial charge is 0.305 e. The number of rotatable bonds is 10. The largest absolute Gasteiger partial charge is 0.469 e. The first-order valence-corrected chi connectivity index (χ1v) is 8.01. The van der Waals surface area contributed by atoms with Crippen LogP contribution in [0.3, 0.4) is 0 Å². The van der Waals surface area contributed by atoms with Crippen LogP contribution in [0.5, 0.6) is 0 Å². The molecule has 21 heavy (non-hydrogen) atoms. The lowest BCUT2D eigenvalue weighted by Gasteiger charge is -2.11. The van der Waals surface area contributed by atoms with Crippen LogP contribution in [0.4, 0.5) is 0 Å². The van der Waals surface area contributed by atoms with Gasteiger partial charge in [-0.15, -0.1) is 0 Å². The highest BCUT2D eigenvalue weighted by atomic mass is 16.5. The molecule has 3 heteroatoms. The van der Waals surface area contributed by atoms with E-state index in [0.717, 1.165) is 37.7 Å². The van der Waals surface area contributed by atoms with Gasteiger partial charge in [0.15, 0.2) is 0 Å². The zero-order chi connectivity index (χ0) is 15.5. The number of carbonyl (C=O) groups is 1. The molecular formula is C18H28O3. The van der Waals surface area contributed by atoms with Gasteiger partial charge in [0.1, 0.15) is 0 Å². The molecule has 1 N–H and O–H groups in total. The van der Waals surface area contributed by atoms with Crippen molar-refractivity contribution < 1.29 is 14.6 Å². The summed E-state index contributed by atoms with van der Waals surface area (Å²) in [5.74, 6) is -0.138. The van der Waals surface area contributed by atoms with Crippen molar-refractivity contribution in [2.45, 2.75) is 64.4 Å². The van der Waals surface area contributed by atoms with Crippen LogP contribution in [0.1, 0.15) is 69.1 Å². The van der Waals surface area contributed by atoms with E-state index in [-0.39, 0.29) is 12.1 Å². The third kappa shape index (κ3) is 7.28. The zero-order valence-corrected chi connectivity index (χ0v) is 13.3. The Hall–Kier alpha value is -1.35. The number of ether oxygens (including phenoxy) is 1. The van der Waals surface area contributed by atoms with E-state index in [0.29, 0.717) is 6.42 Å². The van der Waals surface area contributed by atoms with Crippen molar-refractivity contribution in [3.8, 4) is 0 Å². The Kier molecular flexibility index (Phi) is 8.76. The van der Waals surface area contributed by atoms with E-state index in [2.05, 4.69) is 23.8 Å². The lowest BCUT2D eigenvalue weighted by atomic mass is 10.00. The van der Waals surface area contributed by atoms with Gasteiger partial charge >= 0.3 is 5.97 Å². The first-order chi connectivity index (χ1) is 10.2. The van der Waals surface area contributed by atoms with Crippen LogP contribution in [0.15, 0.2) is 24.3 Å². The second-order valence-corrected chi connectivity index (χ2v) is 5.54. The van der Waals surface area contributed by atoms with Crippen LogP contribution in [-0.2, 0) is 16.0 Å². The van der Waals surface area contributed by atoms with Gasteiger partial charge in [-0.05, 0) is 36.8 Å². The molecule has 0 spiro atoms. The van der Waals surface area contributed by atoms with Crippen LogP contribution in [-0.4, -0.2) is 18.2 Å². The van der Waals surface area contributed by atoms with Gasteiger partial charge in [-0.3, -0.25) is 4.79 Å². The van der Waals surface area contributed by atoms with E-state index in [9.17, 15) is 9.90 Å². The van der Waals surface area contributed by atoms with E-state index in [4.69, 9.17) is 0 Å². The molecular weight excluding hydrogens is 264 g/mol. The molecule has 1 unspecified atom stereocenters.